The van der Waals surface area contributed by atoms with E-state index < -0.39 is 0 Å². The Morgan fingerprint density at radius 2 is 1.71 bits per heavy atom. The van der Waals surface area contributed by atoms with Gasteiger partial charge < -0.3 is 11.1 Å². The minimum absolute atomic E-state index is 0.566. The molecule has 0 amide bonds. The van der Waals surface area contributed by atoms with Crippen LogP contribution in [-0.4, -0.2) is 6.04 Å². The normalized spacial score (nSPS) is 18.4. The van der Waals surface area contributed by atoms with Crippen LogP contribution in [0, 0.1) is 0 Å². The summed E-state index contributed by atoms with van der Waals surface area (Å²) >= 11 is 6.18. The van der Waals surface area contributed by atoms with Crippen LogP contribution < -0.4 is 11.1 Å². The van der Waals surface area contributed by atoms with Crippen molar-refractivity contribution in [3.05, 3.63) is 23.2 Å². The summed E-state index contributed by atoms with van der Waals surface area (Å²) in [5.74, 6) is 0. The van der Waals surface area contributed by atoms with Crippen molar-refractivity contribution in [2.75, 3.05) is 11.1 Å². The Kier molecular flexibility index (Phi) is 4.55. The van der Waals surface area contributed by atoms with Crippen LogP contribution in [0.25, 0.3) is 0 Å². The highest BCUT2D eigenvalue weighted by molar-refractivity contribution is 6.33. The summed E-state index contributed by atoms with van der Waals surface area (Å²) in [6.07, 6.45) is 9.28. The molecule has 0 radical (unpaired) electrons. The monoisotopic (exact) mass is 252 g/mol. The van der Waals surface area contributed by atoms with Crippen molar-refractivity contribution in [1.82, 2.24) is 0 Å². The molecule has 1 aromatic carbocycles. The second-order valence-electron chi connectivity index (χ2n) is 4.93. The highest BCUT2D eigenvalue weighted by atomic mass is 35.5. The Balaban J connectivity index is 1.98. The molecule has 1 aliphatic carbocycles. The van der Waals surface area contributed by atoms with Crippen molar-refractivity contribution < 1.29 is 0 Å². The van der Waals surface area contributed by atoms with Gasteiger partial charge in [0.2, 0.25) is 0 Å². The molecule has 0 unspecified atom stereocenters. The van der Waals surface area contributed by atoms with Gasteiger partial charge >= 0.3 is 0 Å². The molecule has 1 aliphatic rings. The molecule has 3 N–H and O–H groups in total. The minimum atomic E-state index is 0.566. The van der Waals surface area contributed by atoms with Gasteiger partial charge in [0.25, 0.3) is 0 Å². The molecule has 1 fully saturated rings. The van der Waals surface area contributed by atoms with E-state index in [1.165, 1.54) is 44.9 Å². The van der Waals surface area contributed by atoms with Crippen LogP contribution in [0.5, 0.6) is 0 Å². The zero-order valence-electron chi connectivity index (χ0n) is 10.2. The van der Waals surface area contributed by atoms with Gasteiger partial charge in [-0.1, -0.05) is 43.7 Å². The molecule has 17 heavy (non-hydrogen) atoms. The fourth-order valence-corrected chi connectivity index (χ4v) is 2.71. The average molecular weight is 253 g/mol. The predicted octanol–water partition coefficient (Wildman–Crippen LogP) is 4.45. The van der Waals surface area contributed by atoms with Crippen molar-refractivity contribution in [3.63, 3.8) is 0 Å². The van der Waals surface area contributed by atoms with Gasteiger partial charge in [0.15, 0.2) is 0 Å². The lowest BCUT2D eigenvalue weighted by molar-refractivity contribution is 0.471. The second kappa shape index (κ2) is 6.15. The molecule has 0 heterocycles. The summed E-state index contributed by atoms with van der Waals surface area (Å²) in [5, 5.41) is 4.29. The summed E-state index contributed by atoms with van der Waals surface area (Å²) in [4.78, 5) is 0. The molecule has 0 spiro atoms. The number of nitrogen functional groups attached to an aromatic ring is 1. The molecule has 0 atom stereocenters. The topological polar surface area (TPSA) is 38.0 Å². The van der Waals surface area contributed by atoms with Crippen LogP contribution in [0.2, 0.25) is 5.02 Å². The van der Waals surface area contributed by atoms with Gasteiger partial charge in [0.1, 0.15) is 0 Å². The largest absolute Gasteiger partial charge is 0.399 e. The molecule has 0 aromatic heterocycles. The third-order valence-electron chi connectivity index (χ3n) is 3.46. The first kappa shape index (κ1) is 12.6. The summed E-state index contributed by atoms with van der Waals surface area (Å²) in [6, 6.07) is 6.26. The molecule has 0 aliphatic heterocycles. The van der Waals surface area contributed by atoms with Crippen LogP contribution in [0.1, 0.15) is 44.9 Å². The fraction of sp³-hybridized carbons (Fsp3) is 0.571. The third kappa shape index (κ3) is 3.81. The molecule has 0 saturated heterocycles. The van der Waals surface area contributed by atoms with E-state index in [1.807, 2.05) is 18.2 Å². The Labute approximate surface area is 109 Å². The van der Waals surface area contributed by atoms with E-state index in [2.05, 4.69) is 5.32 Å². The SMILES string of the molecule is Nc1ccc(NC2CCCCCCC2)c(Cl)c1. The van der Waals surface area contributed by atoms with Crippen LogP contribution in [0.15, 0.2) is 18.2 Å². The zero-order valence-corrected chi connectivity index (χ0v) is 11.0. The van der Waals surface area contributed by atoms with Gasteiger partial charge in [0.05, 0.1) is 10.7 Å². The molecule has 3 heteroatoms. The molecule has 1 aromatic rings. The van der Waals surface area contributed by atoms with Crippen LogP contribution >= 0.6 is 11.6 Å². The highest BCUT2D eigenvalue weighted by Gasteiger charge is 2.12. The molecule has 0 bridgehead atoms. The van der Waals surface area contributed by atoms with E-state index in [1.54, 1.807) is 0 Å². The zero-order chi connectivity index (χ0) is 12.1. The number of halogens is 1. The van der Waals surface area contributed by atoms with Gasteiger partial charge in [-0.25, -0.2) is 0 Å². The predicted molar refractivity (Wildman–Crippen MR) is 75.6 cm³/mol. The van der Waals surface area contributed by atoms with Crippen molar-refractivity contribution >= 4 is 23.0 Å². The second-order valence-corrected chi connectivity index (χ2v) is 5.33. The first-order valence-electron chi connectivity index (χ1n) is 6.57. The van der Waals surface area contributed by atoms with E-state index in [0.717, 1.165) is 16.4 Å². The van der Waals surface area contributed by atoms with Crippen molar-refractivity contribution in [2.24, 2.45) is 0 Å². The summed E-state index contributed by atoms with van der Waals surface area (Å²) < 4.78 is 0. The first-order valence-corrected chi connectivity index (χ1v) is 6.95. The lowest BCUT2D eigenvalue weighted by Crippen LogP contribution is -2.20. The maximum atomic E-state index is 6.18. The third-order valence-corrected chi connectivity index (χ3v) is 3.77. The molecule has 2 rings (SSSR count). The lowest BCUT2D eigenvalue weighted by Gasteiger charge is -2.22. The average Bonchev–Trinajstić information content (AvgIpc) is 2.25. The molecule has 1 saturated carbocycles. The minimum Gasteiger partial charge on any atom is -0.399 e. The van der Waals surface area contributed by atoms with Crippen molar-refractivity contribution in [3.8, 4) is 0 Å². The number of benzene rings is 1. The van der Waals surface area contributed by atoms with Gasteiger partial charge in [0, 0.05) is 11.7 Å². The number of hydrogen-bond donors (Lipinski definition) is 2. The fourth-order valence-electron chi connectivity index (χ4n) is 2.47. The number of anilines is 2. The maximum Gasteiger partial charge on any atom is 0.0658 e. The maximum absolute atomic E-state index is 6.18. The Hall–Kier alpha value is -0.890. The van der Waals surface area contributed by atoms with Gasteiger partial charge in [-0.05, 0) is 31.0 Å². The first-order chi connectivity index (χ1) is 8.25. The van der Waals surface area contributed by atoms with E-state index in [9.17, 15) is 0 Å². The number of nitrogens with two attached hydrogens (primary N) is 1. The van der Waals surface area contributed by atoms with Crippen molar-refractivity contribution in [1.29, 1.82) is 0 Å². The van der Waals surface area contributed by atoms with Crippen molar-refractivity contribution in [2.45, 2.75) is 51.0 Å². The highest BCUT2D eigenvalue weighted by Crippen LogP contribution is 2.27. The van der Waals surface area contributed by atoms with Crippen LogP contribution in [0.3, 0.4) is 0 Å². The smallest absolute Gasteiger partial charge is 0.0658 e. The molecule has 2 nitrogen and oxygen atoms in total. The number of hydrogen-bond acceptors (Lipinski definition) is 2. The molecule has 94 valence electrons. The Bertz CT molecular complexity index is 357. The van der Waals surface area contributed by atoms with E-state index in [0.29, 0.717) is 6.04 Å². The standard InChI is InChI=1S/C14H21ClN2/c15-13-10-11(16)8-9-14(13)17-12-6-4-2-1-3-5-7-12/h8-10,12,17H,1-7,16H2. The van der Waals surface area contributed by atoms with E-state index in [4.69, 9.17) is 17.3 Å². The van der Waals surface area contributed by atoms with Gasteiger partial charge in [-0.3, -0.25) is 0 Å². The quantitative estimate of drug-likeness (QED) is 0.764. The summed E-state index contributed by atoms with van der Waals surface area (Å²) in [7, 11) is 0. The van der Waals surface area contributed by atoms with E-state index >= 15 is 0 Å². The van der Waals surface area contributed by atoms with E-state index in [-0.39, 0.29) is 0 Å². The summed E-state index contributed by atoms with van der Waals surface area (Å²) in [6.45, 7) is 0. The number of nitrogens with one attached hydrogen (secondary N) is 1. The van der Waals surface area contributed by atoms with Gasteiger partial charge in [-0.2, -0.15) is 0 Å². The molecular formula is C14H21ClN2. The van der Waals surface area contributed by atoms with Crippen LogP contribution in [-0.2, 0) is 0 Å². The Morgan fingerprint density at radius 3 is 2.35 bits per heavy atom. The van der Waals surface area contributed by atoms with Gasteiger partial charge in [-0.15, -0.1) is 0 Å². The molecular weight excluding hydrogens is 232 g/mol. The summed E-state index contributed by atoms with van der Waals surface area (Å²) in [5.41, 5.74) is 7.43. The lowest BCUT2D eigenvalue weighted by atomic mass is 9.96. The van der Waals surface area contributed by atoms with Crippen LogP contribution in [0.4, 0.5) is 11.4 Å². The Morgan fingerprint density at radius 1 is 1.06 bits per heavy atom. The number of rotatable bonds is 2.